The van der Waals surface area contributed by atoms with E-state index in [4.69, 9.17) is 4.74 Å². The molecule has 0 aliphatic carbocycles. The van der Waals surface area contributed by atoms with E-state index in [2.05, 4.69) is 10.5 Å². The van der Waals surface area contributed by atoms with Gasteiger partial charge in [-0.05, 0) is 30.0 Å². The molecule has 0 saturated carbocycles. The average Bonchev–Trinajstić information content (AvgIpc) is 3.20. The Balaban J connectivity index is 1.62. The van der Waals surface area contributed by atoms with E-state index in [0.29, 0.717) is 5.75 Å². The third-order valence-corrected chi connectivity index (χ3v) is 4.54. The third-order valence-electron chi connectivity index (χ3n) is 3.56. The van der Waals surface area contributed by atoms with Crippen LogP contribution >= 0.6 is 11.3 Å². The molecule has 0 saturated heterocycles. The zero-order valence-corrected chi connectivity index (χ0v) is 14.6. The van der Waals surface area contributed by atoms with Crippen molar-refractivity contribution in [2.75, 3.05) is 6.61 Å². The lowest BCUT2D eigenvalue weighted by molar-refractivity contribution is -0.123. The van der Waals surface area contributed by atoms with Crippen molar-refractivity contribution in [1.82, 2.24) is 5.43 Å². The number of rotatable bonds is 6. The zero-order chi connectivity index (χ0) is 17.5. The minimum absolute atomic E-state index is 0.0922. The van der Waals surface area contributed by atoms with E-state index < -0.39 is 0 Å². The van der Waals surface area contributed by atoms with Crippen molar-refractivity contribution in [2.24, 2.45) is 5.10 Å². The lowest BCUT2D eigenvalue weighted by atomic mass is 10.1. The lowest BCUT2D eigenvalue weighted by Gasteiger charge is -2.11. The molecule has 1 heterocycles. The molecule has 1 N–H and O–H groups in total. The fourth-order valence-electron chi connectivity index (χ4n) is 2.31. The van der Waals surface area contributed by atoms with Crippen molar-refractivity contribution in [1.29, 1.82) is 0 Å². The minimum Gasteiger partial charge on any atom is -0.483 e. The molecule has 5 heteroatoms. The summed E-state index contributed by atoms with van der Waals surface area (Å²) in [6.07, 6.45) is 0. The number of thiophene rings is 1. The molecule has 0 fully saturated rings. The Hall–Kier alpha value is -2.92. The predicted octanol–water partition coefficient (Wildman–Crippen LogP) is 4.33. The fourth-order valence-corrected chi connectivity index (χ4v) is 2.99. The quantitative estimate of drug-likeness (QED) is 0.531. The van der Waals surface area contributed by atoms with Gasteiger partial charge in [-0.2, -0.15) is 5.10 Å². The third kappa shape index (κ3) is 4.55. The minimum atomic E-state index is -0.293. The number of amides is 1. The highest BCUT2D eigenvalue weighted by molar-refractivity contribution is 7.12. The van der Waals surface area contributed by atoms with E-state index >= 15 is 0 Å². The van der Waals surface area contributed by atoms with Gasteiger partial charge in [0.1, 0.15) is 5.75 Å². The predicted molar refractivity (Wildman–Crippen MR) is 102 cm³/mol. The van der Waals surface area contributed by atoms with Crippen LogP contribution in [0.5, 0.6) is 5.75 Å². The average molecular weight is 350 g/mol. The molecule has 2 aromatic carbocycles. The van der Waals surface area contributed by atoms with Crippen LogP contribution in [0.3, 0.4) is 0 Å². The summed E-state index contributed by atoms with van der Waals surface area (Å²) in [5.41, 5.74) is 5.30. The van der Waals surface area contributed by atoms with Gasteiger partial charge in [-0.15, -0.1) is 11.3 Å². The molecule has 1 amide bonds. The van der Waals surface area contributed by atoms with Crippen molar-refractivity contribution in [3.63, 3.8) is 0 Å². The molecule has 4 nitrogen and oxygen atoms in total. The molecule has 0 atom stereocenters. The first-order chi connectivity index (χ1) is 12.2. The number of carbonyl (C=O) groups excluding carboxylic acids is 1. The van der Waals surface area contributed by atoms with Gasteiger partial charge in [0.05, 0.1) is 5.71 Å². The summed E-state index contributed by atoms with van der Waals surface area (Å²) in [6, 6.07) is 21.5. The zero-order valence-electron chi connectivity index (χ0n) is 13.8. The molecule has 0 aliphatic heterocycles. The van der Waals surface area contributed by atoms with E-state index in [1.54, 1.807) is 11.3 Å². The Kier molecular flexibility index (Phi) is 5.59. The topological polar surface area (TPSA) is 50.7 Å². The first-order valence-electron chi connectivity index (χ1n) is 7.88. The number of benzene rings is 2. The first-order valence-corrected chi connectivity index (χ1v) is 8.76. The molecule has 3 aromatic rings. The van der Waals surface area contributed by atoms with Gasteiger partial charge >= 0.3 is 0 Å². The number of hydrazone groups is 1. The number of carbonyl (C=O) groups is 1. The van der Waals surface area contributed by atoms with E-state index in [1.165, 1.54) is 0 Å². The first kappa shape index (κ1) is 16.9. The van der Waals surface area contributed by atoms with Crippen LogP contribution in [0.1, 0.15) is 11.8 Å². The SMILES string of the molecule is C/C(=N\NC(=O)COc1ccccc1-c1ccccc1)c1cccs1. The van der Waals surface area contributed by atoms with E-state index in [9.17, 15) is 4.79 Å². The van der Waals surface area contributed by atoms with Crippen LogP contribution < -0.4 is 10.2 Å². The summed E-state index contributed by atoms with van der Waals surface area (Å²) in [5.74, 6) is 0.376. The monoisotopic (exact) mass is 350 g/mol. The highest BCUT2D eigenvalue weighted by Gasteiger charge is 2.08. The summed E-state index contributed by atoms with van der Waals surface area (Å²) in [4.78, 5) is 13.0. The molecule has 3 rings (SSSR count). The van der Waals surface area contributed by atoms with Gasteiger partial charge in [0, 0.05) is 10.4 Å². The van der Waals surface area contributed by atoms with Crippen molar-refractivity contribution >= 4 is 23.0 Å². The number of para-hydroxylation sites is 1. The van der Waals surface area contributed by atoms with Crippen LogP contribution in [0.25, 0.3) is 11.1 Å². The summed E-state index contributed by atoms with van der Waals surface area (Å²) in [6.45, 7) is 1.77. The molecule has 0 bridgehead atoms. The highest BCUT2D eigenvalue weighted by atomic mass is 32.1. The Bertz CT molecular complexity index is 858. The number of nitrogens with zero attached hydrogens (tertiary/aromatic N) is 1. The smallest absolute Gasteiger partial charge is 0.277 e. The van der Waals surface area contributed by atoms with Gasteiger partial charge in [0.2, 0.25) is 0 Å². The number of hydrogen-bond acceptors (Lipinski definition) is 4. The van der Waals surface area contributed by atoms with Crippen LogP contribution in [0.2, 0.25) is 0 Å². The Morgan fingerprint density at radius 1 is 1.04 bits per heavy atom. The number of ether oxygens (including phenoxy) is 1. The summed E-state index contributed by atoms with van der Waals surface area (Å²) >= 11 is 1.58. The largest absolute Gasteiger partial charge is 0.483 e. The summed E-state index contributed by atoms with van der Waals surface area (Å²) < 4.78 is 5.70. The van der Waals surface area contributed by atoms with E-state index in [0.717, 1.165) is 21.7 Å². The van der Waals surface area contributed by atoms with Crippen LogP contribution in [0, 0.1) is 0 Å². The molecule has 25 heavy (non-hydrogen) atoms. The normalized spacial score (nSPS) is 11.2. The molecular formula is C20H18N2O2S. The van der Waals surface area contributed by atoms with Crippen LogP contribution in [-0.2, 0) is 4.79 Å². The van der Waals surface area contributed by atoms with Gasteiger partial charge in [-0.3, -0.25) is 4.79 Å². The van der Waals surface area contributed by atoms with Crippen LogP contribution in [0.4, 0.5) is 0 Å². The standard InChI is InChI=1S/C20H18N2O2S/c1-15(19-12-7-13-25-19)21-22-20(23)14-24-18-11-6-5-10-17(18)16-8-3-2-4-9-16/h2-13H,14H2,1H3,(H,22,23)/b21-15+. The molecule has 126 valence electrons. The second-order valence-corrected chi connectivity index (χ2v) is 6.31. The molecule has 0 spiro atoms. The maximum absolute atomic E-state index is 12.0. The van der Waals surface area contributed by atoms with Gasteiger partial charge < -0.3 is 4.74 Å². The lowest BCUT2D eigenvalue weighted by Crippen LogP contribution is -2.25. The molecule has 0 aliphatic rings. The molecule has 1 aromatic heterocycles. The Labute approximate surface area is 150 Å². The highest BCUT2D eigenvalue weighted by Crippen LogP contribution is 2.29. The Morgan fingerprint density at radius 3 is 2.56 bits per heavy atom. The number of hydrogen-bond donors (Lipinski definition) is 1. The van der Waals surface area contributed by atoms with E-state index in [-0.39, 0.29) is 12.5 Å². The second kappa shape index (κ2) is 8.26. The summed E-state index contributed by atoms with van der Waals surface area (Å²) in [7, 11) is 0. The van der Waals surface area contributed by atoms with Gasteiger partial charge in [0.25, 0.3) is 5.91 Å². The molecular weight excluding hydrogens is 332 g/mol. The van der Waals surface area contributed by atoms with Gasteiger partial charge in [-0.25, -0.2) is 5.43 Å². The van der Waals surface area contributed by atoms with Crippen molar-refractivity contribution in [3.05, 3.63) is 77.0 Å². The molecule has 0 unspecified atom stereocenters. The van der Waals surface area contributed by atoms with Crippen LogP contribution in [0.15, 0.2) is 77.2 Å². The van der Waals surface area contributed by atoms with Crippen molar-refractivity contribution in [3.8, 4) is 16.9 Å². The number of nitrogens with one attached hydrogen (secondary N) is 1. The van der Waals surface area contributed by atoms with Crippen molar-refractivity contribution in [2.45, 2.75) is 6.92 Å². The maximum atomic E-state index is 12.0. The maximum Gasteiger partial charge on any atom is 0.277 e. The molecule has 0 radical (unpaired) electrons. The fraction of sp³-hybridized carbons (Fsp3) is 0.100. The summed E-state index contributed by atoms with van der Waals surface area (Å²) in [5, 5.41) is 6.08. The Morgan fingerprint density at radius 2 is 1.80 bits per heavy atom. The van der Waals surface area contributed by atoms with Gasteiger partial charge in [-0.1, -0.05) is 54.6 Å². The van der Waals surface area contributed by atoms with Crippen LogP contribution in [-0.4, -0.2) is 18.2 Å². The second-order valence-electron chi connectivity index (χ2n) is 5.36. The van der Waals surface area contributed by atoms with Crippen molar-refractivity contribution < 1.29 is 9.53 Å². The van der Waals surface area contributed by atoms with Gasteiger partial charge in [0.15, 0.2) is 6.61 Å². The van der Waals surface area contributed by atoms with E-state index in [1.807, 2.05) is 79.0 Å².